The molecule has 1 atom stereocenters. The number of likely N-dealkylation sites (tertiary alicyclic amines) is 1. The molecule has 3 rings (SSSR count). The zero-order valence-electron chi connectivity index (χ0n) is 15.3. The van der Waals surface area contributed by atoms with E-state index in [-0.39, 0.29) is 18.8 Å². The summed E-state index contributed by atoms with van der Waals surface area (Å²) in [6, 6.07) is 3.16. The summed E-state index contributed by atoms with van der Waals surface area (Å²) < 4.78 is 26.3. The van der Waals surface area contributed by atoms with Crippen LogP contribution in [-0.4, -0.2) is 59.9 Å². The molecule has 3 heterocycles. The fraction of sp³-hybridized carbons (Fsp3) is 0.579. The van der Waals surface area contributed by atoms with Crippen molar-refractivity contribution >= 4 is 18.0 Å². The van der Waals surface area contributed by atoms with Gasteiger partial charge in [-0.25, -0.2) is 13.8 Å². The van der Waals surface area contributed by atoms with E-state index in [0.717, 1.165) is 25.8 Å². The topological polar surface area (TPSA) is 83.9 Å². The first kappa shape index (κ1) is 19.5. The third-order valence-electron chi connectivity index (χ3n) is 5.04. The summed E-state index contributed by atoms with van der Waals surface area (Å²) >= 11 is 0. The van der Waals surface area contributed by atoms with Crippen LogP contribution >= 0.6 is 0 Å². The maximum absolute atomic E-state index is 13.1. The van der Waals surface area contributed by atoms with Crippen LogP contribution in [0, 0.1) is 5.92 Å². The summed E-state index contributed by atoms with van der Waals surface area (Å²) in [5.74, 6) is -2.19. The minimum Gasteiger partial charge on any atom is -0.366 e. The number of hydrogen-bond acceptors (Lipinski definition) is 5. The largest absolute Gasteiger partial charge is 0.366 e. The van der Waals surface area contributed by atoms with E-state index in [9.17, 15) is 13.6 Å². The molecule has 1 fully saturated rings. The van der Waals surface area contributed by atoms with Crippen molar-refractivity contribution in [1.29, 1.82) is 0 Å². The van der Waals surface area contributed by atoms with Gasteiger partial charge in [0.2, 0.25) is 5.91 Å². The van der Waals surface area contributed by atoms with Crippen molar-refractivity contribution in [3.05, 3.63) is 29.6 Å². The first-order valence-corrected chi connectivity index (χ1v) is 9.38. The number of amides is 1. The van der Waals surface area contributed by atoms with E-state index in [0.29, 0.717) is 36.7 Å². The van der Waals surface area contributed by atoms with Gasteiger partial charge in [0, 0.05) is 56.4 Å². The lowest BCUT2D eigenvalue weighted by Crippen LogP contribution is -2.39. The Morgan fingerprint density at radius 1 is 1.30 bits per heavy atom. The molecule has 0 radical (unpaired) electrons. The Kier molecular flexibility index (Phi) is 6.26. The van der Waals surface area contributed by atoms with Gasteiger partial charge < -0.3 is 10.6 Å². The number of piperidine rings is 1. The number of rotatable bonds is 7. The predicted octanol–water partition coefficient (Wildman–Crippen LogP) is 2.53. The Balaban J connectivity index is 1.39. The molecule has 0 spiro atoms. The average molecular weight is 377 g/mol. The Hall–Kier alpha value is -2.22. The first-order valence-electron chi connectivity index (χ1n) is 9.38. The van der Waals surface area contributed by atoms with Gasteiger partial charge in [0.25, 0.3) is 5.92 Å². The second-order valence-corrected chi connectivity index (χ2v) is 7.19. The van der Waals surface area contributed by atoms with Crippen LogP contribution in [0.5, 0.6) is 0 Å². The van der Waals surface area contributed by atoms with E-state index in [4.69, 9.17) is 5.73 Å². The normalized spacial score (nSPS) is 22.4. The third-order valence-corrected chi connectivity index (χ3v) is 5.04. The summed E-state index contributed by atoms with van der Waals surface area (Å²) in [6.07, 6.45) is 6.35. The zero-order valence-corrected chi connectivity index (χ0v) is 15.3. The Bertz CT molecular complexity index is 725. The lowest BCUT2D eigenvalue weighted by molar-refractivity contribution is -0.0552. The zero-order chi connectivity index (χ0) is 19.3. The maximum Gasteiger partial charge on any atom is 0.250 e. The molecule has 1 aromatic rings. The lowest BCUT2D eigenvalue weighted by Gasteiger charge is -2.31. The van der Waals surface area contributed by atoms with E-state index in [1.807, 2.05) is 6.21 Å². The molecule has 1 amide bonds. The van der Waals surface area contributed by atoms with Gasteiger partial charge in [-0.3, -0.25) is 14.8 Å². The SMILES string of the molecule is NC(=O)c1ccnc(C2=NCC(CCCCN3CCC(F)(F)CC3)C=N2)c1. The molecule has 0 saturated carbocycles. The lowest BCUT2D eigenvalue weighted by atomic mass is 10.0. The summed E-state index contributed by atoms with van der Waals surface area (Å²) in [7, 11) is 0. The van der Waals surface area contributed by atoms with Gasteiger partial charge in [-0.15, -0.1) is 0 Å². The summed E-state index contributed by atoms with van der Waals surface area (Å²) in [4.78, 5) is 26.4. The Morgan fingerprint density at radius 2 is 2.07 bits per heavy atom. The van der Waals surface area contributed by atoms with Crippen LogP contribution in [-0.2, 0) is 0 Å². The molecule has 2 N–H and O–H groups in total. The highest BCUT2D eigenvalue weighted by Crippen LogP contribution is 2.27. The fourth-order valence-electron chi connectivity index (χ4n) is 3.33. The van der Waals surface area contributed by atoms with E-state index < -0.39 is 11.8 Å². The van der Waals surface area contributed by atoms with E-state index in [1.165, 1.54) is 6.20 Å². The molecule has 1 saturated heterocycles. The monoisotopic (exact) mass is 377 g/mol. The first-order chi connectivity index (χ1) is 12.9. The summed E-state index contributed by atoms with van der Waals surface area (Å²) in [5, 5.41) is 0. The quantitative estimate of drug-likeness (QED) is 0.741. The molecule has 8 heteroatoms. The van der Waals surface area contributed by atoms with Crippen molar-refractivity contribution in [3.8, 4) is 0 Å². The molecule has 0 bridgehead atoms. The molecule has 2 aliphatic heterocycles. The number of halogens is 2. The number of hydrogen-bond donors (Lipinski definition) is 1. The van der Waals surface area contributed by atoms with Gasteiger partial charge in [0.05, 0.1) is 0 Å². The number of pyridine rings is 1. The second-order valence-electron chi connectivity index (χ2n) is 7.19. The molecule has 6 nitrogen and oxygen atoms in total. The van der Waals surface area contributed by atoms with Crippen LogP contribution < -0.4 is 5.73 Å². The maximum atomic E-state index is 13.1. The molecule has 2 aliphatic rings. The van der Waals surface area contributed by atoms with Crippen LogP contribution in [0.25, 0.3) is 0 Å². The molecule has 146 valence electrons. The van der Waals surface area contributed by atoms with Crippen molar-refractivity contribution in [2.75, 3.05) is 26.2 Å². The molecule has 27 heavy (non-hydrogen) atoms. The number of nitrogens with zero attached hydrogens (tertiary/aromatic N) is 4. The molecular formula is C19H25F2N5O. The number of nitrogens with two attached hydrogens (primary N) is 1. The number of unbranched alkanes of at least 4 members (excludes halogenated alkanes) is 1. The van der Waals surface area contributed by atoms with Crippen molar-refractivity contribution in [2.24, 2.45) is 21.6 Å². The van der Waals surface area contributed by atoms with Gasteiger partial charge in [0.1, 0.15) is 5.69 Å². The van der Waals surface area contributed by atoms with Gasteiger partial charge in [-0.05, 0) is 31.5 Å². The molecule has 0 aromatic carbocycles. The fourth-order valence-corrected chi connectivity index (χ4v) is 3.33. The van der Waals surface area contributed by atoms with Gasteiger partial charge in [-0.1, -0.05) is 6.42 Å². The molecule has 0 aliphatic carbocycles. The van der Waals surface area contributed by atoms with Crippen molar-refractivity contribution < 1.29 is 13.6 Å². The number of alkyl halides is 2. The Morgan fingerprint density at radius 3 is 2.74 bits per heavy atom. The van der Waals surface area contributed by atoms with Crippen molar-refractivity contribution in [1.82, 2.24) is 9.88 Å². The summed E-state index contributed by atoms with van der Waals surface area (Å²) in [5.41, 5.74) is 6.21. The van der Waals surface area contributed by atoms with E-state index >= 15 is 0 Å². The van der Waals surface area contributed by atoms with E-state index in [1.54, 1.807) is 12.1 Å². The molecule has 1 unspecified atom stereocenters. The molecule has 1 aromatic heterocycles. The number of primary amides is 1. The minimum atomic E-state index is -2.48. The van der Waals surface area contributed by atoms with Crippen LogP contribution in [0.4, 0.5) is 8.78 Å². The van der Waals surface area contributed by atoms with Crippen LogP contribution in [0.1, 0.15) is 48.2 Å². The average Bonchev–Trinajstić information content (AvgIpc) is 2.67. The standard InChI is InChI=1S/C19H25F2N5O/c20-19(21)5-9-26(10-6-19)8-2-1-3-14-12-24-18(25-13-14)16-11-15(17(22)27)4-7-23-16/h4,7,11-12,14H,1-3,5-6,8-10,13H2,(H2,22,27). The second kappa shape index (κ2) is 8.65. The highest BCUT2D eigenvalue weighted by Gasteiger charge is 2.33. The van der Waals surface area contributed by atoms with E-state index in [2.05, 4.69) is 19.9 Å². The smallest absolute Gasteiger partial charge is 0.250 e. The molecular weight excluding hydrogens is 352 g/mol. The highest BCUT2D eigenvalue weighted by atomic mass is 19.3. The highest BCUT2D eigenvalue weighted by molar-refractivity contribution is 6.04. The van der Waals surface area contributed by atoms with Gasteiger partial charge >= 0.3 is 0 Å². The van der Waals surface area contributed by atoms with Crippen LogP contribution in [0.2, 0.25) is 0 Å². The number of aliphatic imine (C=N–C) groups is 2. The summed E-state index contributed by atoms with van der Waals surface area (Å²) in [6.45, 7) is 2.49. The third kappa shape index (κ3) is 5.63. The minimum absolute atomic E-state index is 0.0231. The number of aromatic nitrogens is 1. The predicted molar refractivity (Wildman–Crippen MR) is 101 cm³/mol. The number of carbonyl (C=O) groups excluding carboxylic acids is 1. The Labute approximate surface area is 157 Å². The van der Waals surface area contributed by atoms with Crippen molar-refractivity contribution in [3.63, 3.8) is 0 Å². The van der Waals surface area contributed by atoms with Crippen LogP contribution in [0.3, 0.4) is 0 Å². The number of carbonyl (C=O) groups is 1. The number of amidine groups is 1. The van der Waals surface area contributed by atoms with Gasteiger partial charge in [0.15, 0.2) is 5.84 Å². The van der Waals surface area contributed by atoms with Crippen molar-refractivity contribution in [2.45, 2.75) is 38.0 Å². The van der Waals surface area contributed by atoms with Gasteiger partial charge in [-0.2, -0.15) is 0 Å². The van der Waals surface area contributed by atoms with Crippen LogP contribution in [0.15, 0.2) is 28.3 Å².